The van der Waals surface area contributed by atoms with Gasteiger partial charge in [-0.25, -0.2) is 9.55 Å². The number of carboxylic acid groups (broad SMARTS) is 1. The number of anilines is 1. The topological polar surface area (TPSA) is 149 Å². The van der Waals surface area contributed by atoms with E-state index in [9.17, 15) is 24.3 Å². The number of amides is 2. The smallest absolute Gasteiger partial charge is 0.294 e. The largest absolute Gasteiger partial charge is 0.543 e. The SMILES string of the molecule is Nc1nc(C(=O)C(=O)N[C@@H]2C(=O)N3C(C(=O)[O-])=C(C[n+]4ccccc4)CS[C@@H]23)c(Cl)s1. The number of nitrogen functional groups attached to an aromatic ring is 1. The number of nitrogens with zero attached hydrogens (tertiary/aromatic N) is 3. The van der Waals surface area contributed by atoms with Crippen LogP contribution >= 0.6 is 34.7 Å². The summed E-state index contributed by atoms with van der Waals surface area (Å²) in [6.45, 7) is 0.271. The Hall–Kier alpha value is -2.96. The second-order valence-electron chi connectivity index (χ2n) is 6.65. The highest BCUT2D eigenvalue weighted by molar-refractivity contribution is 8.00. The van der Waals surface area contributed by atoms with Crippen LogP contribution in [0.5, 0.6) is 0 Å². The van der Waals surface area contributed by atoms with E-state index in [0.29, 0.717) is 11.3 Å². The maximum absolute atomic E-state index is 12.7. The second-order valence-corrected chi connectivity index (χ2v) is 9.39. The predicted octanol–water partition coefficient (Wildman–Crippen LogP) is -1.05. The van der Waals surface area contributed by atoms with Crippen molar-refractivity contribution in [2.45, 2.75) is 18.0 Å². The molecule has 2 aliphatic rings. The van der Waals surface area contributed by atoms with Crippen molar-refractivity contribution in [3.63, 3.8) is 0 Å². The van der Waals surface area contributed by atoms with Gasteiger partial charge in [0, 0.05) is 23.5 Å². The molecule has 0 aromatic carbocycles. The molecule has 10 nitrogen and oxygen atoms in total. The first-order valence-corrected chi connectivity index (χ1v) is 11.1. The lowest BCUT2D eigenvalue weighted by atomic mass is 10.0. The number of nitrogens with one attached hydrogen (secondary N) is 1. The van der Waals surface area contributed by atoms with Crippen molar-refractivity contribution >= 4 is 63.4 Å². The molecule has 1 fully saturated rings. The van der Waals surface area contributed by atoms with Crippen molar-refractivity contribution in [1.29, 1.82) is 0 Å². The van der Waals surface area contributed by atoms with E-state index in [4.69, 9.17) is 17.3 Å². The Morgan fingerprint density at radius 1 is 1.32 bits per heavy atom. The van der Waals surface area contributed by atoms with E-state index in [0.717, 1.165) is 16.2 Å². The molecule has 0 aliphatic carbocycles. The third-order valence-electron chi connectivity index (χ3n) is 4.70. The summed E-state index contributed by atoms with van der Waals surface area (Å²) in [5.74, 6) is -3.90. The van der Waals surface area contributed by atoms with Crippen molar-refractivity contribution in [2.75, 3.05) is 11.5 Å². The zero-order valence-corrected chi connectivity index (χ0v) is 18.0. The predicted molar refractivity (Wildman–Crippen MR) is 110 cm³/mol. The Bertz CT molecular complexity index is 1140. The van der Waals surface area contributed by atoms with Crippen molar-refractivity contribution in [2.24, 2.45) is 0 Å². The van der Waals surface area contributed by atoms with Gasteiger partial charge in [0.25, 0.3) is 17.6 Å². The molecule has 31 heavy (non-hydrogen) atoms. The van der Waals surface area contributed by atoms with Crippen molar-refractivity contribution in [1.82, 2.24) is 15.2 Å². The van der Waals surface area contributed by atoms with Crippen LogP contribution < -0.4 is 20.7 Å². The molecule has 13 heteroatoms. The molecule has 1 saturated heterocycles. The number of fused-ring (bicyclic) bond motifs is 1. The number of carbonyl (C=O) groups excluding carboxylic acids is 4. The number of carboxylic acids is 1. The first-order chi connectivity index (χ1) is 14.8. The lowest BCUT2D eigenvalue weighted by Gasteiger charge is -2.50. The maximum Gasteiger partial charge on any atom is 0.294 e. The fourth-order valence-electron chi connectivity index (χ4n) is 3.32. The van der Waals surface area contributed by atoms with E-state index in [2.05, 4.69) is 10.3 Å². The van der Waals surface area contributed by atoms with Gasteiger partial charge >= 0.3 is 0 Å². The molecule has 2 aromatic rings. The van der Waals surface area contributed by atoms with Gasteiger partial charge in [-0.2, -0.15) is 0 Å². The Morgan fingerprint density at radius 3 is 2.65 bits per heavy atom. The van der Waals surface area contributed by atoms with Crippen molar-refractivity contribution < 1.29 is 28.9 Å². The van der Waals surface area contributed by atoms with Crippen LogP contribution in [0.15, 0.2) is 41.9 Å². The van der Waals surface area contributed by atoms with Gasteiger partial charge < -0.3 is 21.0 Å². The molecule has 4 heterocycles. The molecule has 0 bridgehead atoms. The summed E-state index contributed by atoms with van der Waals surface area (Å²) in [6.07, 6.45) is 3.55. The highest BCUT2D eigenvalue weighted by atomic mass is 35.5. The van der Waals surface area contributed by atoms with Gasteiger partial charge in [-0.15, -0.1) is 11.8 Å². The fraction of sp³-hybridized carbons (Fsp3) is 0.222. The zero-order valence-electron chi connectivity index (χ0n) is 15.6. The molecule has 2 aliphatic heterocycles. The molecule has 0 unspecified atom stereocenters. The summed E-state index contributed by atoms with van der Waals surface area (Å²) in [5.41, 5.74) is 5.49. The van der Waals surface area contributed by atoms with Crippen molar-refractivity contribution in [3.05, 3.63) is 51.9 Å². The monoisotopic (exact) mass is 479 g/mol. The number of β-lactam (4-membered cyclic amide) rings is 1. The van der Waals surface area contributed by atoms with E-state index >= 15 is 0 Å². The van der Waals surface area contributed by atoms with Gasteiger partial charge in [0.2, 0.25) is 0 Å². The molecular weight excluding hydrogens is 466 g/mol. The van der Waals surface area contributed by atoms with E-state index < -0.39 is 35.0 Å². The number of carbonyl (C=O) groups is 4. The molecule has 3 N–H and O–H groups in total. The third-order valence-corrected chi connectivity index (χ3v) is 7.12. The normalized spacial score (nSPS) is 20.2. The quantitative estimate of drug-likeness (QED) is 0.231. The van der Waals surface area contributed by atoms with Crippen LogP contribution in [0.4, 0.5) is 5.13 Å². The Labute approximate surface area is 188 Å². The molecule has 2 amide bonds. The number of halogens is 1. The minimum Gasteiger partial charge on any atom is -0.543 e. The zero-order chi connectivity index (χ0) is 22.3. The molecule has 0 saturated carbocycles. The van der Waals surface area contributed by atoms with Crippen LogP contribution in [0.2, 0.25) is 4.34 Å². The Morgan fingerprint density at radius 2 is 2.03 bits per heavy atom. The number of hydrogen-bond acceptors (Lipinski definition) is 9. The van der Waals surface area contributed by atoms with Crippen LogP contribution in [-0.2, 0) is 20.9 Å². The lowest BCUT2D eigenvalue weighted by molar-refractivity contribution is -0.689. The summed E-state index contributed by atoms with van der Waals surface area (Å²) in [6, 6.07) is 4.38. The number of thioether (sulfide) groups is 1. The average molecular weight is 480 g/mol. The number of ketones is 1. The molecule has 2 aromatic heterocycles. The van der Waals surface area contributed by atoms with Crippen LogP contribution in [-0.4, -0.2) is 50.6 Å². The Kier molecular flexibility index (Phi) is 5.69. The maximum atomic E-state index is 12.7. The third kappa shape index (κ3) is 3.89. The number of aromatic nitrogens is 2. The minimum absolute atomic E-state index is 0.0300. The van der Waals surface area contributed by atoms with Crippen LogP contribution in [0.25, 0.3) is 0 Å². The van der Waals surface area contributed by atoms with Crippen LogP contribution in [0.1, 0.15) is 10.5 Å². The summed E-state index contributed by atoms with van der Waals surface area (Å²) in [4.78, 5) is 53.9. The molecule has 0 radical (unpaired) electrons. The van der Waals surface area contributed by atoms with E-state index in [1.807, 2.05) is 6.07 Å². The number of nitrogens with two attached hydrogens (primary N) is 1. The first kappa shape index (κ1) is 21.3. The van der Waals surface area contributed by atoms with Crippen LogP contribution in [0.3, 0.4) is 0 Å². The highest BCUT2D eigenvalue weighted by Crippen LogP contribution is 2.40. The van der Waals surface area contributed by atoms with E-state index in [-0.39, 0.29) is 27.4 Å². The van der Waals surface area contributed by atoms with Gasteiger partial charge in [0.15, 0.2) is 24.1 Å². The number of Topliss-reactive ketones (excluding diaryl/α,β-unsaturated/α-hetero) is 1. The van der Waals surface area contributed by atoms with E-state index in [1.165, 1.54) is 11.8 Å². The van der Waals surface area contributed by atoms with Gasteiger partial charge in [0.05, 0.1) is 11.7 Å². The van der Waals surface area contributed by atoms with Gasteiger partial charge in [-0.3, -0.25) is 19.3 Å². The number of aliphatic carboxylic acids is 1. The van der Waals surface area contributed by atoms with Gasteiger partial charge in [-0.1, -0.05) is 29.0 Å². The average Bonchev–Trinajstić information content (AvgIpc) is 3.09. The summed E-state index contributed by atoms with van der Waals surface area (Å²) < 4.78 is 1.75. The van der Waals surface area contributed by atoms with Gasteiger partial charge in [0.1, 0.15) is 21.4 Å². The molecule has 2 atom stereocenters. The van der Waals surface area contributed by atoms with Crippen molar-refractivity contribution in [3.8, 4) is 0 Å². The number of rotatable bonds is 6. The first-order valence-electron chi connectivity index (χ1n) is 8.87. The second kappa shape index (κ2) is 8.29. The summed E-state index contributed by atoms with van der Waals surface area (Å²) >= 11 is 8.00. The summed E-state index contributed by atoms with van der Waals surface area (Å²) in [7, 11) is 0. The summed E-state index contributed by atoms with van der Waals surface area (Å²) in [5, 5.41) is 13.5. The molecule has 0 spiro atoms. The molecule has 160 valence electrons. The minimum atomic E-state index is -1.48. The number of hydrogen-bond donors (Lipinski definition) is 2. The fourth-order valence-corrected chi connectivity index (χ4v) is 5.58. The van der Waals surface area contributed by atoms with Crippen LogP contribution in [0, 0.1) is 0 Å². The Balaban J connectivity index is 1.51. The highest BCUT2D eigenvalue weighted by Gasteiger charge is 2.53. The van der Waals surface area contributed by atoms with E-state index in [1.54, 1.807) is 29.1 Å². The molecular formula is C18H14ClN5O5S2. The van der Waals surface area contributed by atoms with Gasteiger partial charge in [-0.05, 0) is 0 Å². The molecule has 4 rings (SSSR count). The number of pyridine rings is 1. The number of thiazole rings is 1. The lowest BCUT2D eigenvalue weighted by Crippen LogP contribution is -2.71. The standard InChI is InChI=1S/C18H14ClN5O5S2/c19-13-9(22-18(20)31-13)12(25)14(26)21-10-15(27)24-11(17(28)29)8(7-30-16(10)24)6-23-4-2-1-3-5-23/h1-5,10,16H,6-7H2,(H3-,20,21,22,26,28,29)/t10-,16+/m1/s1.